The number of hydrogen-bond donors (Lipinski definition) is 2. The molecule has 0 aliphatic heterocycles. The summed E-state index contributed by atoms with van der Waals surface area (Å²) in [5.74, 6) is -1.10. The van der Waals surface area contributed by atoms with Crippen LogP contribution in [0.5, 0.6) is 0 Å². The second kappa shape index (κ2) is 7.83. The molecule has 0 fully saturated rings. The highest BCUT2D eigenvalue weighted by atomic mass is 16.6. The summed E-state index contributed by atoms with van der Waals surface area (Å²) in [4.78, 5) is 20.5. The number of anilines is 1. The van der Waals surface area contributed by atoms with Gasteiger partial charge in [0.2, 0.25) is 0 Å². The number of carboxylic acids is 1. The minimum absolute atomic E-state index is 0.0879. The van der Waals surface area contributed by atoms with E-state index in [4.69, 9.17) is 5.11 Å². The lowest BCUT2D eigenvalue weighted by molar-refractivity contribution is -0.384. The molecule has 1 aromatic rings. The molecule has 0 bridgehead atoms. The summed E-state index contributed by atoms with van der Waals surface area (Å²) in [6, 6.07) is 4.43. The Balaban J connectivity index is 0.00000137. The Hall–Kier alpha value is -2.37. The summed E-state index contributed by atoms with van der Waals surface area (Å²) in [6.07, 6.45) is 2.23. The van der Waals surface area contributed by atoms with Crippen LogP contribution in [0, 0.1) is 10.1 Å². The van der Waals surface area contributed by atoms with Gasteiger partial charge in [-0.15, -0.1) is 0 Å². The van der Waals surface area contributed by atoms with Gasteiger partial charge < -0.3 is 10.4 Å². The van der Waals surface area contributed by atoms with Crippen LogP contribution in [0.3, 0.4) is 0 Å². The fraction of sp³-hybridized carbons (Fsp3) is 0.250. The van der Waals surface area contributed by atoms with Crippen molar-refractivity contribution in [3.8, 4) is 0 Å². The highest BCUT2D eigenvalue weighted by molar-refractivity contribution is 5.85. The van der Waals surface area contributed by atoms with Crippen LogP contribution in [0.4, 0.5) is 11.4 Å². The molecule has 98 valence electrons. The first-order chi connectivity index (χ1) is 8.54. The maximum Gasteiger partial charge on any atom is 0.328 e. The minimum Gasteiger partial charge on any atom is -0.478 e. The summed E-state index contributed by atoms with van der Waals surface area (Å²) >= 11 is 0. The molecule has 1 aromatic carbocycles. The first-order valence-electron chi connectivity index (χ1n) is 5.42. The third-order valence-electron chi connectivity index (χ3n) is 1.91. The van der Waals surface area contributed by atoms with Crippen molar-refractivity contribution < 1.29 is 14.8 Å². The zero-order valence-corrected chi connectivity index (χ0v) is 10.5. The lowest BCUT2D eigenvalue weighted by atomic mass is 10.1. The highest BCUT2D eigenvalue weighted by Crippen LogP contribution is 2.25. The normalized spacial score (nSPS) is 9.50. The van der Waals surface area contributed by atoms with Crippen molar-refractivity contribution in [1.29, 1.82) is 0 Å². The van der Waals surface area contributed by atoms with Gasteiger partial charge in [0.15, 0.2) is 0 Å². The average Bonchev–Trinajstić information content (AvgIpc) is 2.38. The fourth-order valence-electron chi connectivity index (χ4n) is 1.18. The summed E-state index contributed by atoms with van der Waals surface area (Å²) in [6.45, 7) is 4.00. The molecular weight excluding hydrogens is 236 g/mol. The zero-order chi connectivity index (χ0) is 14.1. The number of benzene rings is 1. The molecule has 0 saturated heterocycles. The minimum atomic E-state index is -1.10. The largest absolute Gasteiger partial charge is 0.478 e. The number of nitro groups is 1. The van der Waals surface area contributed by atoms with Crippen molar-refractivity contribution in [2.75, 3.05) is 12.4 Å². The number of rotatable bonds is 4. The predicted molar refractivity (Wildman–Crippen MR) is 70.7 cm³/mol. The number of aliphatic carboxylic acids is 1. The Morgan fingerprint density at radius 2 is 2.06 bits per heavy atom. The Bertz CT molecular complexity index is 455. The van der Waals surface area contributed by atoms with Gasteiger partial charge in [-0.25, -0.2) is 4.79 Å². The highest BCUT2D eigenvalue weighted by Gasteiger charge is 2.12. The van der Waals surface area contributed by atoms with E-state index in [-0.39, 0.29) is 5.69 Å². The Morgan fingerprint density at radius 1 is 1.44 bits per heavy atom. The fourth-order valence-corrected chi connectivity index (χ4v) is 1.18. The summed E-state index contributed by atoms with van der Waals surface area (Å²) in [5, 5.41) is 21.8. The number of carboxylic acid groups (broad SMARTS) is 1. The first kappa shape index (κ1) is 15.6. The predicted octanol–water partition coefficient (Wildman–Crippen LogP) is 2.76. The third-order valence-corrected chi connectivity index (χ3v) is 1.91. The van der Waals surface area contributed by atoms with Crippen LogP contribution < -0.4 is 5.32 Å². The average molecular weight is 252 g/mol. The van der Waals surface area contributed by atoms with Gasteiger partial charge in [-0.3, -0.25) is 10.1 Å². The molecule has 0 aromatic heterocycles. The number of nitro benzene ring substituents is 1. The molecule has 18 heavy (non-hydrogen) atoms. The lowest BCUT2D eigenvalue weighted by Crippen LogP contribution is -1.96. The Labute approximate surface area is 105 Å². The van der Waals surface area contributed by atoms with Crippen LogP contribution in [0.15, 0.2) is 24.3 Å². The lowest BCUT2D eigenvalue weighted by Gasteiger charge is -2.02. The van der Waals surface area contributed by atoms with Gasteiger partial charge >= 0.3 is 5.97 Å². The topological polar surface area (TPSA) is 92.5 Å². The molecule has 0 atom stereocenters. The van der Waals surface area contributed by atoms with E-state index in [1.165, 1.54) is 18.2 Å². The molecule has 0 aliphatic carbocycles. The van der Waals surface area contributed by atoms with Crippen molar-refractivity contribution in [1.82, 2.24) is 0 Å². The second-order valence-electron chi connectivity index (χ2n) is 2.96. The molecule has 2 N–H and O–H groups in total. The van der Waals surface area contributed by atoms with Gasteiger partial charge in [0.25, 0.3) is 5.69 Å². The van der Waals surface area contributed by atoms with E-state index in [9.17, 15) is 14.9 Å². The summed E-state index contributed by atoms with van der Waals surface area (Å²) in [5.41, 5.74) is 0.764. The molecule has 0 amide bonds. The maximum absolute atomic E-state index is 10.7. The second-order valence-corrected chi connectivity index (χ2v) is 2.96. The van der Waals surface area contributed by atoms with Gasteiger partial charge in [-0.1, -0.05) is 19.9 Å². The van der Waals surface area contributed by atoms with E-state index in [2.05, 4.69) is 5.32 Å². The molecule has 6 nitrogen and oxygen atoms in total. The van der Waals surface area contributed by atoms with Crippen molar-refractivity contribution in [3.63, 3.8) is 0 Å². The standard InChI is InChI=1S/C10H10N2O4.C2H6/c1-11-8-4-2-7(3-5-10(13)14)6-9(8)12(15)16;1-2/h2-6,11H,1H3,(H,13,14);1-2H3/b5-3+;. The summed E-state index contributed by atoms with van der Waals surface area (Å²) < 4.78 is 0. The van der Waals surface area contributed by atoms with E-state index < -0.39 is 10.9 Å². The molecule has 1 rings (SSSR count). The zero-order valence-electron chi connectivity index (χ0n) is 10.5. The SMILES string of the molecule is CC.CNc1ccc(/C=C/C(=O)O)cc1[N+](=O)[O-]. The molecule has 0 aliphatic rings. The van der Waals surface area contributed by atoms with Crippen LogP contribution in [0.25, 0.3) is 6.08 Å². The van der Waals surface area contributed by atoms with Crippen molar-refractivity contribution in [3.05, 3.63) is 40.0 Å². The van der Waals surface area contributed by atoms with Crippen molar-refractivity contribution >= 4 is 23.4 Å². The first-order valence-corrected chi connectivity index (χ1v) is 5.42. The third kappa shape index (κ3) is 4.65. The maximum atomic E-state index is 10.7. The molecule has 6 heteroatoms. The van der Waals surface area contributed by atoms with E-state index in [1.54, 1.807) is 13.1 Å². The number of carbonyl (C=O) groups is 1. The Kier molecular flexibility index (Phi) is 6.80. The van der Waals surface area contributed by atoms with Crippen molar-refractivity contribution in [2.24, 2.45) is 0 Å². The molecule has 0 radical (unpaired) electrons. The van der Waals surface area contributed by atoms with Gasteiger partial charge in [-0.05, 0) is 17.7 Å². The van der Waals surface area contributed by atoms with E-state index >= 15 is 0 Å². The van der Waals surface area contributed by atoms with Gasteiger partial charge in [0.1, 0.15) is 5.69 Å². The van der Waals surface area contributed by atoms with Crippen molar-refractivity contribution in [2.45, 2.75) is 13.8 Å². The van der Waals surface area contributed by atoms with Crippen LogP contribution in [-0.2, 0) is 4.79 Å². The van der Waals surface area contributed by atoms with Crippen LogP contribution in [0.1, 0.15) is 19.4 Å². The quantitative estimate of drug-likeness (QED) is 0.488. The van der Waals surface area contributed by atoms with Crippen LogP contribution in [0.2, 0.25) is 0 Å². The molecular formula is C12H16N2O4. The van der Waals surface area contributed by atoms with E-state index in [0.29, 0.717) is 11.3 Å². The van der Waals surface area contributed by atoms with Crippen LogP contribution in [-0.4, -0.2) is 23.0 Å². The Morgan fingerprint density at radius 3 is 2.50 bits per heavy atom. The monoisotopic (exact) mass is 252 g/mol. The van der Waals surface area contributed by atoms with Gasteiger partial charge in [0.05, 0.1) is 4.92 Å². The van der Waals surface area contributed by atoms with Gasteiger partial charge in [0, 0.05) is 19.2 Å². The number of nitrogens with one attached hydrogen (secondary N) is 1. The molecule has 0 unspecified atom stereocenters. The van der Waals surface area contributed by atoms with E-state index in [1.807, 2.05) is 13.8 Å². The number of hydrogen-bond acceptors (Lipinski definition) is 4. The molecule has 0 spiro atoms. The van der Waals surface area contributed by atoms with Crippen LogP contribution >= 0.6 is 0 Å². The number of nitrogens with zero attached hydrogens (tertiary/aromatic N) is 1. The van der Waals surface area contributed by atoms with Gasteiger partial charge in [-0.2, -0.15) is 0 Å². The molecule has 0 heterocycles. The molecule has 0 saturated carbocycles. The summed E-state index contributed by atoms with van der Waals surface area (Å²) in [7, 11) is 1.58. The smallest absolute Gasteiger partial charge is 0.328 e. The van der Waals surface area contributed by atoms with E-state index in [0.717, 1.165) is 6.08 Å².